The molecule has 0 radical (unpaired) electrons. The molecule has 8 nitrogen and oxygen atoms in total. The number of rotatable bonds is 6. The van der Waals surface area contributed by atoms with E-state index < -0.39 is 23.8 Å². The lowest BCUT2D eigenvalue weighted by Gasteiger charge is -2.34. The number of carbonyl (C=O) groups is 2. The number of pyridine rings is 1. The van der Waals surface area contributed by atoms with E-state index in [0.29, 0.717) is 49.4 Å². The van der Waals surface area contributed by atoms with Gasteiger partial charge in [-0.2, -0.15) is 5.26 Å². The number of anilines is 1. The summed E-state index contributed by atoms with van der Waals surface area (Å²) in [5.74, 6) is -0.725. The molecule has 0 bridgehead atoms. The molecule has 2 aromatic carbocycles. The Morgan fingerprint density at radius 2 is 1.83 bits per heavy atom. The molecule has 0 N–H and O–H groups in total. The van der Waals surface area contributed by atoms with E-state index in [9.17, 15) is 23.6 Å². The van der Waals surface area contributed by atoms with E-state index in [4.69, 9.17) is 16.3 Å². The summed E-state index contributed by atoms with van der Waals surface area (Å²) in [5.41, 5.74) is 1.16. The molecular weight excluding hydrogens is 564 g/mol. The summed E-state index contributed by atoms with van der Waals surface area (Å²) in [6.07, 6.45) is 2.20. The number of likely N-dealkylation sites (tertiary alicyclic amines) is 1. The van der Waals surface area contributed by atoms with E-state index in [-0.39, 0.29) is 41.6 Å². The predicted molar refractivity (Wildman–Crippen MR) is 153 cm³/mol. The molecule has 2 fully saturated rings. The van der Waals surface area contributed by atoms with Crippen molar-refractivity contribution in [2.75, 3.05) is 37.6 Å². The van der Waals surface area contributed by atoms with Crippen LogP contribution in [0, 0.1) is 28.9 Å². The van der Waals surface area contributed by atoms with E-state index in [1.807, 2.05) is 0 Å². The molecule has 2 aliphatic heterocycles. The van der Waals surface area contributed by atoms with Gasteiger partial charge in [-0.25, -0.2) is 18.6 Å². The van der Waals surface area contributed by atoms with Gasteiger partial charge in [0.1, 0.15) is 23.2 Å². The topological polar surface area (TPSA) is 89.8 Å². The molecule has 3 heterocycles. The number of nitriles is 1. The zero-order chi connectivity index (χ0) is 29.8. The van der Waals surface area contributed by atoms with Crippen LogP contribution in [0.4, 0.5) is 19.4 Å². The Morgan fingerprint density at radius 1 is 1.10 bits per heavy atom. The predicted octanol–water partition coefficient (Wildman–Crippen LogP) is 5.62. The fourth-order valence-electron chi connectivity index (χ4n) is 5.79. The van der Waals surface area contributed by atoms with Gasteiger partial charge in [0.25, 0.3) is 0 Å². The molecule has 0 aliphatic carbocycles. The van der Waals surface area contributed by atoms with Gasteiger partial charge in [-0.05, 0) is 73.9 Å². The van der Waals surface area contributed by atoms with Crippen LogP contribution in [-0.2, 0) is 4.79 Å². The molecule has 218 valence electrons. The Bertz CT molecular complexity index is 1490. The van der Waals surface area contributed by atoms with E-state index in [1.165, 1.54) is 41.3 Å². The highest BCUT2D eigenvalue weighted by molar-refractivity contribution is 6.30. The highest BCUT2D eigenvalue weighted by Crippen LogP contribution is 2.35. The first-order valence-electron chi connectivity index (χ1n) is 13.9. The van der Waals surface area contributed by atoms with Gasteiger partial charge in [0, 0.05) is 50.8 Å². The number of amides is 2. The van der Waals surface area contributed by atoms with Crippen molar-refractivity contribution in [3.63, 3.8) is 0 Å². The van der Waals surface area contributed by atoms with Gasteiger partial charge in [-0.3, -0.25) is 4.79 Å². The average molecular weight is 594 g/mol. The minimum absolute atomic E-state index is 0.00847. The number of benzene rings is 2. The number of likely N-dealkylation sites (N-methyl/N-ethyl adjacent to an activating group) is 1. The molecule has 3 aromatic rings. The monoisotopic (exact) mass is 593 g/mol. The molecule has 0 spiro atoms. The molecule has 2 saturated heterocycles. The lowest BCUT2D eigenvalue weighted by molar-refractivity contribution is -0.135. The standard InChI is InChI=1S/C31H30ClF2N5O3/c1-2-39(31(41)42-24-6-4-23(33)5-7-24)28-19-38(18-25(28)22-3-8-26(32)27(34)16-22)30(40)21-10-13-37(14-11-21)29-15-20(17-35)9-12-36-29/h3-9,12,15-16,21,25,28H,2,10-11,13-14,18-19H2,1H3. The molecular formula is C31H30ClF2N5O3. The summed E-state index contributed by atoms with van der Waals surface area (Å²) in [5, 5.41) is 9.20. The minimum Gasteiger partial charge on any atom is -0.410 e. The number of halogens is 3. The number of nitrogens with zero attached hydrogens (tertiary/aromatic N) is 5. The third-order valence-electron chi connectivity index (χ3n) is 8.01. The zero-order valence-corrected chi connectivity index (χ0v) is 23.8. The Morgan fingerprint density at radius 3 is 2.50 bits per heavy atom. The lowest BCUT2D eigenvalue weighted by atomic mass is 9.93. The number of ether oxygens (including phenoxy) is 1. The maximum Gasteiger partial charge on any atom is 0.415 e. The Kier molecular flexibility index (Phi) is 8.88. The second kappa shape index (κ2) is 12.7. The number of hydrogen-bond acceptors (Lipinski definition) is 6. The van der Waals surface area contributed by atoms with Gasteiger partial charge < -0.3 is 19.4 Å². The van der Waals surface area contributed by atoms with Gasteiger partial charge in [0.2, 0.25) is 5.91 Å². The number of piperidine rings is 1. The van der Waals surface area contributed by atoms with Gasteiger partial charge in [-0.15, -0.1) is 0 Å². The quantitative estimate of drug-likeness (QED) is 0.369. The second-order valence-corrected chi connectivity index (χ2v) is 10.9. The smallest absolute Gasteiger partial charge is 0.410 e. The van der Waals surface area contributed by atoms with Crippen LogP contribution in [0.5, 0.6) is 5.75 Å². The van der Waals surface area contributed by atoms with Crippen LogP contribution < -0.4 is 9.64 Å². The average Bonchev–Trinajstić information content (AvgIpc) is 3.45. The van der Waals surface area contributed by atoms with E-state index >= 15 is 0 Å². The van der Waals surface area contributed by atoms with Crippen LogP contribution in [-0.4, -0.2) is 65.5 Å². The molecule has 2 aliphatic rings. The molecule has 42 heavy (non-hydrogen) atoms. The highest BCUT2D eigenvalue weighted by Gasteiger charge is 2.43. The second-order valence-electron chi connectivity index (χ2n) is 10.5. The SMILES string of the molecule is CCN(C(=O)Oc1ccc(F)cc1)C1CN(C(=O)C2CCN(c3cc(C#N)ccn3)CC2)CC1c1ccc(Cl)c(F)c1. The van der Waals surface area contributed by atoms with Gasteiger partial charge in [0.05, 0.1) is 22.7 Å². The summed E-state index contributed by atoms with van der Waals surface area (Å²) in [6.45, 7) is 3.88. The molecule has 5 rings (SSSR count). The van der Waals surface area contributed by atoms with Crippen molar-refractivity contribution >= 4 is 29.4 Å². The maximum absolute atomic E-state index is 14.5. The molecule has 2 amide bonds. The third kappa shape index (κ3) is 6.31. The summed E-state index contributed by atoms with van der Waals surface area (Å²) >= 11 is 5.94. The fraction of sp³-hybridized carbons (Fsp3) is 0.355. The molecule has 2 unspecified atom stereocenters. The summed E-state index contributed by atoms with van der Waals surface area (Å²) in [7, 11) is 0. The van der Waals surface area contributed by atoms with Crippen molar-refractivity contribution in [1.29, 1.82) is 5.26 Å². The van der Waals surface area contributed by atoms with Crippen molar-refractivity contribution < 1.29 is 23.1 Å². The zero-order valence-electron chi connectivity index (χ0n) is 23.1. The normalized spacial score (nSPS) is 18.9. The van der Waals surface area contributed by atoms with E-state index in [0.717, 1.165) is 0 Å². The summed E-state index contributed by atoms with van der Waals surface area (Å²) in [4.78, 5) is 36.8. The van der Waals surface area contributed by atoms with Crippen molar-refractivity contribution in [1.82, 2.24) is 14.8 Å². The molecule has 11 heteroatoms. The van der Waals surface area contributed by atoms with Crippen LogP contribution in [0.3, 0.4) is 0 Å². The first-order chi connectivity index (χ1) is 20.3. The largest absolute Gasteiger partial charge is 0.415 e. The Hall–Kier alpha value is -4.23. The summed E-state index contributed by atoms with van der Waals surface area (Å²) in [6, 6.07) is 14.7. The minimum atomic E-state index is -0.636. The van der Waals surface area contributed by atoms with Gasteiger partial charge in [0.15, 0.2) is 0 Å². The van der Waals surface area contributed by atoms with Crippen LogP contribution in [0.2, 0.25) is 5.02 Å². The van der Waals surface area contributed by atoms with Crippen molar-refractivity contribution in [3.8, 4) is 11.8 Å². The number of carbonyl (C=O) groups excluding carboxylic acids is 2. The third-order valence-corrected chi connectivity index (χ3v) is 8.32. The van der Waals surface area contributed by atoms with Gasteiger partial charge >= 0.3 is 6.09 Å². The van der Waals surface area contributed by atoms with E-state index in [1.54, 1.807) is 36.2 Å². The summed E-state index contributed by atoms with van der Waals surface area (Å²) < 4.78 is 33.4. The van der Waals surface area contributed by atoms with Crippen LogP contribution in [0.25, 0.3) is 0 Å². The van der Waals surface area contributed by atoms with Crippen molar-refractivity contribution in [3.05, 3.63) is 88.6 Å². The van der Waals surface area contributed by atoms with Crippen molar-refractivity contribution in [2.45, 2.75) is 31.7 Å². The van der Waals surface area contributed by atoms with Crippen LogP contribution in [0.1, 0.15) is 36.8 Å². The molecule has 2 atom stereocenters. The first kappa shape index (κ1) is 29.3. The van der Waals surface area contributed by atoms with Gasteiger partial charge in [-0.1, -0.05) is 17.7 Å². The Balaban J connectivity index is 1.33. The molecule has 0 saturated carbocycles. The fourth-order valence-corrected chi connectivity index (χ4v) is 5.91. The lowest BCUT2D eigenvalue weighted by Crippen LogP contribution is -2.47. The highest BCUT2D eigenvalue weighted by atomic mass is 35.5. The Labute approximate surface area is 248 Å². The maximum atomic E-state index is 14.5. The van der Waals surface area contributed by atoms with Crippen LogP contribution >= 0.6 is 11.6 Å². The van der Waals surface area contributed by atoms with Crippen LogP contribution in [0.15, 0.2) is 60.8 Å². The van der Waals surface area contributed by atoms with E-state index in [2.05, 4.69) is 16.0 Å². The molecule has 1 aromatic heterocycles. The number of hydrogen-bond donors (Lipinski definition) is 0. The number of aromatic nitrogens is 1. The first-order valence-corrected chi connectivity index (χ1v) is 14.2. The van der Waals surface area contributed by atoms with Crippen molar-refractivity contribution in [2.24, 2.45) is 5.92 Å².